The monoisotopic (exact) mass is 312 g/mol. The fourth-order valence-electron chi connectivity index (χ4n) is 6.07. The van der Waals surface area contributed by atoms with Crippen LogP contribution in [0.15, 0.2) is 0 Å². The van der Waals surface area contributed by atoms with Crippen molar-refractivity contribution in [3.63, 3.8) is 0 Å². The standard InChI is InChI=1S/C17H28O5/c1-9-6-11(22-10(2)18)13-15(3,4)7-16(5)8-21-14(19)12(9)17(13,16)20/h9,11-14,19-20H,6-8H2,1-5H3/t9-,11+,12-,13+,14+,16-,17+/m1/s1. The molecule has 1 saturated heterocycles. The van der Waals surface area contributed by atoms with Crippen LogP contribution in [-0.2, 0) is 14.3 Å². The number of hydrogen-bond acceptors (Lipinski definition) is 5. The number of ether oxygens (including phenoxy) is 2. The van der Waals surface area contributed by atoms with Gasteiger partial charge in [-0.05, 0) is 24.2 Å². The van der Waals surface area contributed by atoms with Gasteiger partial charge in [-0.1, -0.05) is 27.7 Å². The largest absolute Gasteiger partial charge is 0.462 e. The van der Waals surface area contributed by atoms with Crippen LogP contribution in [0.2, 0.25) is 0 Å². The number of rotatable bonds is 1. The zero-order valence-corrected chi connectivity index (χ0v) is 14.1. The van der Waals surface area contributed by atoms with E-state index in [-0.39, 0.29) is 35.2 Å². The van der Waals surface area contributed by atoms with Gasteiger partial charge in [-0.3, -0.25) is 4.79 Å². The topological polar surface area (TPSA) is 76.0 Å². The lowest BCUT2D eigenvalue weighted by Crippen LogP contribution is -2.69. The van der Waals surface area contributed by atoms with Crippen molar-refractivity contribution in [2.75, 3.05) is 6.61 Å². The molecular weight excluding hydrogens is 284 g/mol. The first-order valence-corrected chi connectivity index (χ1v) is 8.22. The van der Waals surface area contributed by atoms with Gasteiger partial charge in [-0.15, -0.1) is 0 Å². The van der Waals surface area contributed by atoms with Gasteiger partial charge in [0, 0.05) is 24.2 Å². The lowest BCUT2D eigenvalue weighted by atomic mass is 9.54. The molecule has 7 atom stereocenters. The Balaban J connectivity index is 2.11. The van der Waals surface area contributed by atoms with Crippen LogP contribution < -0.4 is 0 Å². The molecule has 1 aliphatic heterocycles. The lowest BCUT2D eigenvalue weighted by Gasteiger charge is -2.59. The lowest BCUT2D eigenvalue weighted by molar-refractivity contribution is -0.318. The second-order valence-electron chi connectivity index (χ2n) is 8.62. The molecule has 2 aliphatic carbocycles. The number of aliphatic hydroxyl groups is 2. The van der Waals surface area contributed by atoms with Crippen LogP contribution >= 0.6 is 0 Å². The van der Waals surface area contributed by atoms with Gasteiger partial charge < -0.3 is 19.7 Å². The Morgan fingerprint density at radius 2 is 1.95 bits per heavy atom. The molecule has 126 valence electrons. The molecule has 2 N–H and O–H groups in total. The van der Waals surface area contributed by atoms with Crippen molar-refractivity contribution in [2.24, 2.45) is 28.6 Å². The van der Waals surface area contributed by atoms with E-state index in [0.717, 1.165) is 6.42 Å². The Bertz CT molecular complexity index is 489. The van der Waals surface area contributed by atoms with Crippen molar-refractivity contribution >= 4 is 5.97 Å². The third kappa shape index (κ3) is 1.91. The van der Waals surface area contributed by atoms with E-state index in [1.165, 1.54) is 6.92 Å². The minimum Gasteiger partial charge on any atom is -0.462 e. The summed E-state index contributed by atoms with van der Waals surface area (Å²) >= 11 is 0. The summed E-state index contributed by atoms with van der Waals surface area (Å²) in [5.74, 6) is -0.816. The first-order chi connectivity index (χ1) is 10.0. The highest BCUT2D eigenvalue weighted by Gasteiger charge is 2.74. The molecule has 0 spiro atoms. The average Bonchev–Trinajstić information content (AvgIpc) is 2.49. The van der Waals surface area contributed by atoms with Gasteiger partial charge in [0.05, 0.1) is 12.2 Å². The summed E-state index contributed by atoms with van der Waals surface area (Å²) < 4.78 is 11.2. The molecule has 5 nitrogen and oxygen atoms in total. The molecular formula is C17H28O5. The number of carbonyl (C=O) groups is 1. The molecule has 0 bridgehead atoms. The average molecular weight is 312 g/mol. The Morgan fingerprint density at radius 3 is 2.55 bits per heavy atom. The minimum atomic E-state index is -1.08. The molecule has 3 aliphatic rings. The smallest absolute Gasteiger partial charge is 0.302 e. The fourth-order valence-corrected chi connectivity index (χ4v) is 6.07. The maximum absolute atomic E-state index is 11.8. The molecule has 0 aromatic carbocycles. The molecule has 22 heavy (non-hydrogen) atoms. The predicted molar refractivity (Wildman–Crippen MR) is 79.7 cm³/mol. The van der Waals surface area contributed by atoms with Gasteiger partial charge >= 0.3 is 5.97 Å². The summed E-state index contributed by atoms with van der Waals surface area (Å²) in [6, 6.07) is 0. The third-order valence-corrected chi connectivity index (χ3v) is 6.42. The zero-order valence-electron chi connectivity index (χ0n) is 14.1. The summed E-state index contributed by atoms with van der Waals surface area (Å²) in [5.41, 5.74) is -1.69. The van der Waals surface area contributed by atoms with Gasteiger partial charge in [0.1, 0.15) is 6.10 Å². The van der Waals surface area contributed by atoms with Gasteiger partial charge in [-0.25, -0.2) is 0 Å². The first kappa shape index (κ1) is 16.2. The van der Waals surface area contributed by atoms with Crippen molar-refractivity contribution < 1.29 is 24.5 Å². The van der Waals surface area contributed by atoms with Crippen LogP contribution in [0.4, 0.5) is 0 Å². The molecule has 0 amide bonds. The normalized spacial score (nSPS) is 53.0. The summed E-state index contributed by atoms with van der Waals surface area (Å²) in [6.07, 6.45) is 0.171. The van der Waals surface area contributed by atoms with Crippen molar-refractivity contribution in [3.8, 4) is 0 Å². The van der Waals surface area contributed by atoms with Gasteiger partial charge in [0.15, 0.2) is 6.29 Å². The van der Waals surface area contributed by atoms with E-state index in [1.807, 2.05) is 13.8 Å². The molecule has 1 heterocycles. The molecule has 3 rings (SSSR count). The van der Waals surface area contributed by atoms with Gasteiger partial charge in [0.25, 0.3) is 0 Å². The summed E-state index contributed by atoms with van der Waals surface area (Å²) in [4.78, 5) is 11.5. The molecule has 3 fully saturated rings. The van der Waals surface area contributed by atoms with Crippen molar-refractivity contribution in [2.45, 2.75) is 65.5 Å². The number of carbonyl (C=O) groups excluding carboxylic acids is 1. The van der Waals surface area contributed by atoms with Crippen molar-refractivity contribution in [1.29, 1.82) is 0 Å². The first-order valence-electron chi connectivity index (χ1n) is 8.22. The summed E-state index contributed by atoms with van der Waals surface area (Å²) in [5, 5.41) is 22.1. The van der Waals surface area contributed by atoms with E-state index in [0.29, 0.717) is 13.0 Å². The Hall–Kier alpha value is -0.650. The Labute approximate surface area is 132 Å². The number of esters is 1. The minimum absolute atomic E-state index is 0.0223. The Morgan fingerprint density at radius 1 is 1.32 bits per heavy atom. The molecule has 0 unspecified atom stereocenters. The van der Waals surface area contributed by atoms with Crippen molar-refractivity contribution in [1.82, 2.24) is 0 Å². The van der Waals surface area contributed by atoms with E-state index < -0.39 is 17.3 Å². The second kappa shape index (κ2) is 4.68. The molecule has 0 aromatic rings. The van der Waals surface area contributed by atoms with E-state index in [1.54, 1.807) is 0 Å². The maximum Gasteiger partial charge on any atom is 0.302 e. The van der Waals surface area contributed by atoms with Crippen LogP contribution in [0.25, 0.3) is 0 Å². The molecule has 0 aromatic heterocycles. The van der Waals surface area contributed by atoms with E-state index in [9.17, 15) is 15.0 Å². The molecule has 5 heteroatoms. The van der Waals surface area contributed by atoms with E-state index >= 15 is 0 Å². The molecule has 0 radical (unpaired) electrons. The summed E-state index contributed by atoms with van der Waals surface area (Å²) in [7, 11) is 0. The van der Waals surface area contributed by atoms with Crippen LogP contribution in [-0.4, -0.2) is 40.8 Å². The quantitative estimate of drug-likeness (QED) is 0.721. The van der Waals surface area contributed by atoms with Gasteiger partial charge in [0.2, 0.25) is 0 Å². The van der Waals surface area contributed by atoms with Crippen LogP contribution in [0, 0.1) is 28.6 Å². The molecule has 2 saturated carbocycles. The second-order valence-corrected chi connectivity index (χ2v) is 8.62. The van der Waals surface area contributed by atoms with Gasteiger partial charge in [-0.2, -0.15) is 0 Å². The van der Waals surface area contributed by atoms with Crippen LogP contribution in [0.1, 0.15) is 47.5 Å². The van der Waals surface area contributed by atoms with E-state index in [4.69, 9.17) is 9.47 Å². The highest BCUT2D eigenvalue weighted by Crippen LogP contribution is 2.68. The maximum atomic E-state index is 11.8. The fraction of sp³-hybridized carbons (Fsp3) is 0.941. The van der Waals surface area contributed by atoms with Crippen LogP contribution in [0.5, 0.6) is 0 Å². The number of aliphatic hydroxyl groups excluding tert-OH is 1. The third-order valence-electron chi connectivity index (χ3n) is 6.42. The zero-order chi connectivity index (χ0) is 16.5. The predicted octanol–water partition coefficient (Wildman–Crippen LogP) is 1.71. The highest BCUT2D eigenvalue weighted by molar-refractivity contribution is 5.66. The SMILES string of the molecule is CC(=O)O[C@H]1C[C@@H](C)[C@@H]2[C@@H](O)OC[C@@]3(C)CC(C)(C)[C@H]1[C@@]23O. The summed E-state index contributed by atoms with van der Waals surface area (Å²) in [6.45, 7) is 10.0. The van der Waals surface area contributed by atoms with Crippen molar-refractivity contribution in [3.05, 3.63) is 0 Å². The van der Waals surface area contributed by atoms with Crippen LogP contribution in [0.3, 0.4) is 0 Å². The number of hydrogen-bond donors (Lipinski definition) is 2. The van der Waals surface area contributed by atoms with E-state index in [2.05, 4.69) is 13.8 Å². The Kier molecular flexibility index (Phi) is 3.45. The highest BCUT2D eigenvalue weighted by atomic mass is 16.6.